The predicted octanol–water partition coefficient (Wildman–Crippen LogP) is 4.28. The van der Waals surface area contributed by atoms with Gasteiger partial charge >= 0.3 is 0 Å². The van der Waals surface area contributed by atoms with Crippen molar-refractivity contribution in [3.05, 3.63) is 52.9 Å². The van der Waals surface area contributed by atoms with E-state index >= 15 is 0 Å². The first-order valence-corrected chi connectivity index (χ1v) is 5.58. The van der Waals surface area contributed by atoms with Gasteiger partial charge in [-0.25, -0.2) is 4.39 Å². The van der Waals surface area contributed by atoms with Crippen molar-refractivity contribution in [3.63, 3.8) is 0 Å². The van der Waals surface area contributed by atoms with Gasteiger partial charge in [0, 0.05) is 17.6 Å². The van der Waals surface area contributed by atoms with Gasteiger partial charge in [-0.2, -0.15) is 0 Å². The Morgan fingerprint density at radius 2 is 1.88 bits per heavy atom. The molecule has 0 saturated heterocycles. The van der Waals surface area contributed by atoms with Crippen LogP contribution in [0.5, 0.6) is 0 Å². The van der Waals surface area contributed by atoms with Crippen LogP contribution < -0.4 is 0 Å². The molecule has 1 aromatic carbocycles. The summed E-state index contributed by atoms with van der Waals surface area (Å²) in [5.41, 5.74) is 2.39. The topological polar surface area (TPSA) is 12.9 Å². The van der Waals surface area contributed by atoms with E-state index in [1.54, 1.807) is 18.3 Å². The molecule has 2 aromatic rings. The molecule has 1 heterocycles. The maximum absolute atomic E-state index is 12.7. The Kier molecular flexibility index (Phi) is 3.42. The highest BCUT2D eigenvalue weighted by Gasteiger charge is 2.04. The van der Waals surface area contributed by atoms with E-state index in [0.29, 0.717) is 10.9 Å². The Bertz CT molecular complexity index is 497. The van der Waals surface area contributed by atoms with E-state index in [1.165, 1.54) is 12.1 Å². The minimum Gasteiger partial charge on any atom is -0.255 e. The molecule has 0 bridgehead atoms. The van der Waals surface area contributed by atoms with Gasteiger partial charge in [0.2, 0.25) is 0 Å². The molecule has 0 aliphatic rings. The maximum Gasteiger partial charge on any atom is 0.123 e. The zero-order valence-corrected chi connectivity index (χ0v) is 9.76. The monoisotopic (exact) mass is 255 g/mol. The Hall–Kier alpha value is -1.12. The second-order valence-corrected chi connectivity index (χ2v) is 3.98. The first-order valence-electron chi connectivity index (χ1n) is 4.67. The lowest BCUT2D eigenvalue weighted by molar-refractivity contribution is 0.628. The maximum atomic E-state index is 12.7. The van der Waals surface area contributed by atoms with Crippen molar-refractivity contribution in [3.8, 4) is 11.3 Å². The number of hydrogen-bond donors (Lipinski definition) is 0. The van der Waals surface area contributed by atoms with E-state index in [9.17, 15) is 4.39 Å². The summed E-state index contributed by atoms with van der Waals surface area (Å²) >= 11 is 11.6. The van der Waals surface area contributed by atoms with Crippen LogP contribution in [-0.2, 0) is 5.88 Å². The molecule has 0 fully saturated rings. The molecule has 0 unspecified atom stereocenters. The number of rotatable bonds is 2. The molecular weight excluding hydrogens is 248 g/mol. The molecule has 0 aliphatic heterocycles. The van der Waals surface area contributed by atoms with Gasteiger partial charge in [-0.1, -0.05) is 11.6 Å². The summed E-state index contributed by atoms with van der Waals surface area (Å²) in [5, 5.41) is 0.542. The highest BCUT2D eigenvalue weighted by atomic mass is 35.5. The fourth-order valence-corrected chi connectivity index (χ4v) is 1.82. The fourth-order valence-electron chi connectivity index (χ4n) is 1.36. The van der Waals surface area contributed by atoms with Gasteiger partial charge in [0.15, 0.2) is 0 Å². The lowest BCUT2D eigenvalue weighted by Crippen LogP contribution is -1.88. The van der Waals surface area contributed by atoms with Crippen LogP contribution >= 0.6 is 23.2 Å². The number of pyridine rings is 1. The van der Waals surface area contributed by atoms with Crippen LogP contribution in [0.25, 0.3) is 11.3 Å². The molecule has 0 radical (unpaired) electrons. The van der Waals surface area contributed by atoms with E-state index in [1.807, 2.05) is 6.07 Å². The first-order chi connectivity index (χ1) is 7.70. The van der Waals surface area contributed by atoms with Crippen molar-refractivity contribution in [1.29, 1.82) is 0 Å². The summed E-state index contributed by atoms with van der Waals surface area (Å²) in [7, 11) is 0. The van der Waals surface area contributed by atoms with Crippen molar-refractivity contribution < 1.29 is 4.39 Å². The summed E-state index contributed by atoms with van der Waals surface area (Å²) in [4.78, 5) is 4.17. The third-order valence-electron chi connectivity index (χ3n) is 2.22. The van der Waals surface area contributed by atoms with Crippen LogP contribution in [0.3, 0.4) is 0 Å². The third-order valence-corrected chi connectivity index (χ3v) is 2.85. The van der Waals surface area contributed by atoms with Gasteiger partial charge in [-0.15, -0.1) is 11.6 Å². The predicted molar refractivity (Wildman–Crippen MR) is 64.2 cm³/mol. The Morgan fingerprint density at radius 3 is 2.50 bits per heavy atom. The van der Waals surface area contributed by atoms with Gasteiger partial charge in [0.25, 0.3) is 0 Å². The number of aromatic nitrogens is 1. The van der Waals surface area contributed by atoms with Crippen molar-refractivity contribution in [2.75, 3.05) is 0 Å². The largest absolute Gasteiger partial charge is 0.255 e. The van der Waals surface area contributed by atoms with Gasteiger partial charge in [0.1, 0.15) is 5.82 Å². The molecule has 82 valence electrons. The molecule has 1 aromatic heterocycles. The smallest absolute Gasteiger partial charge is 0.123 e. The van der Waals surface area contributed by atoms with Crippen LogP contribution in [0.1, 0.15) is 5.56 Å². The van der Waals surface area contributed by atoms with E-state index in [4.69, 9.17) is 23.2 Å². The van der Waals surface area contributed by atoms with Crippen molar-refractivity contribution in [2.45, 2.75) is 5.88 Å². The lowest BCUT2D eigenvalue weighted by atomic mass is 10.1. The van der Waals surface area contributed by atoms with Gasteiger partial charge in [-0.3, -0.25) is 4.98 Å². The minimum atomic E-state index is -0.268. The average Bonchev–Trinajstić information content (AvgIpc) is 2.31. The first kappa shape index (κ1) is 11.4. The van der Waals surface area contributed by atoms with Crippen molar-refractivity contribution >= 4 is 23.2 Å². The minimum absolute atomic E-state index is 0.268. The highest BCUT2D eigenvalue weighted by molar-refractivity contribution is 6.32. The molecular formula is C12H8Cl2FN. The summed E-state index contributed by atoms with van der Waals surface area (Å²) in [6, 6.07) is 7.94. The van der Waals surface area contributed by atoms with Gasteiger partial charge in [0.05, 0.1) is 10.7 Å². The molecule has 0 spiro atoms. The van der Waals surface area contributed by atoms with E-state index in [0.717, 1.165) is 16.8 Å². The molecule has 16 heavy (non-hydrogen) atoms. The summed E-state index contributed by atoms with van der Waals surface area (Å²) < 4.78 is 12.7. The molecule has 2 rings (SSSR count). The Labute approximate surface area is 103 Å². The molecule has 0 N–H and O–H groups in total. The summed E-state index contributed by atoms with van der Waals surface area (Å²) in [6.45, 7) is 0. The molecule has 1 nitrogen and oxygen atoms in total. The SMILES string of the molecule is Fc1ccc(-c2cc(CCl)c(Cl)cn2)cc1. The number of hydrogen-bond acceptors (Lipinski definition) is 1. The molecule has 0 atom stereocenters. The van der Waals surface area contributed by atoms with E-state index in [-0.39, 0.29) is 5.82 Å². The second kappa shape index (κ2) is 4.81. The zero-order chi connectivity index (χ0) is 11.5. The highest BCUT2D eigenvalue weighted by Crippen LogP contribution is 2.23. The molecule has 0 aliphatic carbocycles. The normalized spacial score (nSPS) is 10.4. The fraction of sp³-hybridized carbons (Fsp3) is 0.0833. The average molecular weight is 256 g/mol. The Balaban J connectivity index is 2.44. The Morgan fingerprint density at radius 1 is 1.19 bits per heavy atom. The van der Waals surface area contributed by atoms with Gasteiger partial charge in [-0.05, 0) is 35.9 Å². The lowest BCUT2D eigenvalue weighted by Gasteiger charge is -2.04. The van der Waals surface area contributed by atoms with E-state index in [2.05, 4.69) is 4.98 Å². The van der Waals surface area contributed by atoms with Crippen LogP contribution in [0, 0.1) is 5.82 Å². The quantitative estimate of drug-likeness (QED) is 0.731. The number of benzene rings is 1. The van der Waals surface area contributed by atoms with Crippen LogP contribution in [0.2, 0.25) is 5.02 Å². The number of halogens is 3. The van der Waals surface area contributed by atoms with Crippen LogP contribution in [0.15, 0.2) is 36.5 Å². The van der Waals surface area contributed by atoms with E-state index < -0.39 is 0 Å². The molecule has 0 saturated carbocycles. The summed E-state index contributed by atoms with van der Waals surface area (Å²) in [5.74, 6) is 0.0607. The standard InChI is InChI=1S/C12H8Cl2FN/c13-6-9-5-12(16-7-11(9)14)8-1-3-10(15)4-2-8/h1-5,7H,6H2. The third kappa shape index (κ3) is 2.34. The van der Waals surface area contributed by atoms with Crippen molar-refractivity contribution in [1.82, 2.24) is 4.98 Å². The number of alkyl halides is 1. The second-order valence-electron chi connectivity index (χ2n) is 3.30. The van der Waals surface area contributed by atoms with Gasteiger partial charge < -0.3 is 0 Å². The molecule has 4 heteroatoms. The van der Waals surface area contributed by atoms with Crippen molar-refractivity contribution in [2.24, 2.45) is 0 Å². The number of nitrogens with zero attached hydrogens (tertiary/aromatic N) is 1. The zero-order valence-electron chi connectivity index (χ0n) is 8.25. The summed E-state index contributed by atoms with van der Waals surface area (Å²) in [6.07, 6.45) is 1.55. The van der Waals surface area contributed by atoms with Crippen LogP contribution in [-0.4, -0.2) is 4.98 Å². The van der Waals surface area contributed by atoms with Crippen LogP contribution in [0.4, 0.5) is 4.39 Å². The molecule has 0 amide bonds.